The van der Waals surface area contributed by atoms with E-state index in [4.69, 9.17) is 9.84 Å². The van der Waals surface area contributed by atoms with Gasteiger partial charge in [-0.2, -0.15) is 0 Å². The summed E-state index contributed by atoms with van der Waals surface area (Å²) in [5.41, 5.74) is 0. The Kier molecular flexibility index (Phi) is 4.49. The molecular formula is C9H13N3O3. The topological polar surface area (TPSA) is 84.3 Å². The van der Waals surface area contributed by atoms with Crippen molar-refractivity contribution < 1.29 is 14.6 Å². The van der Waals surface area contributed by atoms with E-state index in [-0.39, 0.29) is 12.5 Å². The molecule has 6 nitrogen and oxygen atoms in total. The molecule has 0 aromatic carbocycles. The molecule has 0 radical (unpaired) electrons. The number of nitrogens with one attached hydrogen (secondary N) is 1. The Bertz CT molecular complexity index is 305. The lowest BCUT2D eigenvalue weighted by Gasteiger charge is -2.13. The highest BCUT2D eigenvalue weighted by Gasteiger charge is 2.11. The molecule has 0 spiro atoms. The second-order valence-electron chi connectivity index (χ2n) is 2.93. The van der Waals surface area contributed by atoms with E-state index in [0.717, 1.165) is 0 Å². The van der Waals surface area contributed by atoms with E-state index in [9.17, 15) is 4.79 Å². The lowest BCUT2D eigenvalue weighted by molar-refractivity contribution is -0.139. The zero-order valence-corrected chi connectivity index (χ0v) is 8.38. The van der Waals surface area contributed by atoms with Crippen LogP contribution in [0.1, 0.15) is 6.42 Å². The second kappa shape index (κ2) is 5.92. The minimum absolute atomic E-state index is 0.0332. The zero-order chi connectivity index (χ0) is 11.1. The van der Waals surface area contributed by atoms with Crippen molar-refractivity contribution in [2.75, 3.05) is 19.0 Å². The number of anilines is 1. The molecule has 1 atom stereocenters. The zero-order valence-electron chi connectivity index (χ0n) is 8.38. The van der Waals surface area contributed by atoms with Crippen LogP contribution < -0.4 is 5.32 Å². The molecule has 1 aromatic rings. The van der Waals surface area contributed by atoms with Gasteiger partial charge in [-0.05, 0) is 6.07 Å². The van der Waals surface area contributed by atoms with E-state index in [0.29, 0.717) is 12.4 Å². The van der Waals surface area contributed by atoms with Crippen molar-refractivity contribution in [1.82, 2.24) is 9.97 Å². The first-order chi connectivity index (χ1) is 7.22. The Balaban J connectivity index is 2.37. The van der Waals surface area contributed by atoms with Crippen molar-refractivity contribution >= 4 is 11.8 Å². The van der Waals surface area contributed by atoms with Gasteiger partial charge in [0.15, 0.2) is 0 Å². The van der Waals surface area contributed by atoms with Crippen molar-refractivity contribution in [3.05, 3.63) is 18.6 Å². The van der Waals surface area contributed by atoms with Crippen molar-refractivity contribution in [3.63, 3.8) is 0 Å². The van der Waals surface area contributed by atoms with Gasteiger partial charge in [-0.1, -0.05) is 0 Å². The molecule has 82 valence electrons. The van der Waals surface area contributed by atoms with Crippen LogP contribution in [0, 0.1) is 0 Å². The number of rotatable bonds is 6. The Labute approximate surface area is 87.3 Å². The van der Waals surface area contributed by atoms with E-state index in [1.54, 1.807) is 12.3 Å². The summed E-state index contributed by atoms with van der Waals surface area (Å²) in [6.07, 6.45) is 2.63. The van der Waals surface area contributed by atoms with Crippen LogP contribution in [0.25, 0.3) is 0 Å². The number of methoxy groups -OCH3 is 1. The maximum absolute atomic E-state index is 10.4. The maximum Gasteiger partial charge on any atom is 0.306 e. The second-order valence-corrected chi connectivity index (χ2v) is 2.93. The number of carboxylic acids is 1. The third-order valence-electron chi connectivity index (χ3n) is 1.83. The molecule has 0 aliphatic heterocycles. The molecule has 0 amide bonds. The van der Waals surface area contributed by atoms with Crippen LogP contribution in [0.15, 0.2) is 18.6 Å². The van der Waals surface area contributed by atoms with Gasteiger partial charge in [0.05, 0.1) is 12.5 Å². The number of carboxylic acid groups (broad SMARTS) is 1. The van der Waals surface area contributed by atoms with Crippen LogP contribution in [0.3, 0.4) is 0 Å². The number of aliphatic carboxylic acids is 1. The lowest BCUT2D eigenvalue weighted by Crippen LogP contribution is -2.25. The quantitative estimate of drug-likeness (QED) is 0.707. The monoisotopic (exact) mass is 211 g/mol. The molecule has 0 saturated heterocycles. The van der Waals surface area contributed by atoms with E-state index < -0.39 is 5.97 Å². The molecule has 1 unspecified atom stereocenters. The molecule has 1 heterocycles. The highest BCUT2D eigenvalue weighted by molar-refractivity contribution is 5.67. The third-order valence-corrected chi connectivity index (χ3v) is 1.83. The van der Waals surface area contributed by atoms with Crippen LogP contribution in [0.5, 0.6) is 0 Å². The number of nitrogens with zero attached hydrogens (tertiary/aromatic N) is 2. The summed E-state index contributed by atoms with van der Waals surface area (Å²) in [6, 6.07) is 1.70. The third kappa shape index (κ3) is 4.37. The van der Waals surface area contributed by atoms with Gasteiger partial charge in [-0.3, -0.25) is 4.79 Å². The smallest absolute Gasteiger partial charge is 0.306 e. The first kappa shape index (κ1) is 11.4. The van der Waals surface area contributed by atoms with E-state index >= 15 is 0 Å². The summed E-state index contributed by atoms with van der Waals surface area (Å²) >= 11 is 0. The summed E-state index contributed by atoms with van der Waals surface area (Å²) in [6.45, 7) is 0.403. The van der Waals surface area contributed by atoms with Gasteiger partial charge in [0.2, 0.25) is 0 Å². The van der Waals surface area contributed by atoms with Gasteiger partial charge in [0.1, 0.15) is 12.1 Å². The van der Waals surface area contributed by atoms with Gasteiger partial charge < -0.3 is 15.2 Å². The summed E-state index contributed by atoms with van der Waals surface area (Å²) in [4.78, 5) is 18.2. The average molecular weight is 211 g/mol. The fourth-order valence-electron chi connectivity index (χ4n) is 1.05. The highest BCUT2D eigenvalue weighted by atomic mass is 16.5. The number of aromatic nitrogens is 2. The molecule has 0 saturated carbocycles. The number of hydrogen-bond acceptors (Lipinski definition) is 5. The molecule has 1 aromatic heterocycles. The standard InChI is InChI=1S/C9H13N3O3/c1-15-7(4-9(13)14)5-11-8-2-3-10-6-12-8/h2-3,6-7H,4-5H2,1H3,(H,13,14)(H,10,11,12). The van der Waals surface area contributed by atoms with Gasteiger partial charge in [0, 0.05) is 19.9 Å². The maximum atomic E-state index is 10.4. The predicted molar refractivity (Wildman–Crippen MR) is 53.6 cm³/mol. The summed E-state index contributed by atoms with van der Waals surface area (Å²) in [5, 5.41) is 11.5. The molecule has 0 fully saturated rings. The molecule has 6 heteroatoms. The fraction of sp³-hybridized carbons (Fsp3) is 0.444. The van der Waals surface area contributed by atoms with Crippen LogP contribution in [-0.4, -0.2) is 40.8 Å². The van der Waals surface area contributed by atoms with Gasteiger partial charge in [-0.15, -0.1) is 0 Å². The molecule has 15 heavy (non-hydrogen) atoms. The first-order valence-corrected chi connectivity index (χ1v) is 4.47. The Hall–Kier alpha value is -1.69. The van der Waals surface area contributed by atoms with E-state index in [1.807, 2.05) is 0 Å². The Morgan fingerprint density at radius 2 is 2.53 bits per heavy atom. The summed E-state index contributed by atoms with van der Waals surface area (Å²) in [7, 11) is 1.48. The summed E-state index contributed by atoms with van der Waals surface area (Å²) < 4.78 is 5.00. The Morgan fingerprint density at radius 3 is 3.07 bits per heavy atom. The molecule has 1 rings (SSSR count). The molecule has 0 bridgehead atoms. The lowest BCUT2D eigenvalue weighted by atomic mass is 10.2. The van der Waals surface area contributed by atoms with Crippen LogP contribution in [0.4, 0.5) is 5.82 Å². The van der Waals surface area contributed by atoms with E-state index in [1.165, 1.54) is 13.4 Å². The minimum Gasteiger partial charge on any atom is -0.481 e. The Morgan fingerprint density at radius 1 is 1.73 bits per heavy atom. The van der Waals surface area contributed by atoms with Gasteiger partial charge >= 0.3 is 5.97 Å². The first-order valence-electron chi connectivity index (χ1n) is 4.47. The SMILES string of the molecule is COC(CNc1ccncn1)CC(=O)O. The molecule has 0 aliphatic rings. The van der Waals surface area contributed by atoms with Crippen molar-refractivity contribution in [3.8, 4) is 0 Å². The number of ether oxygens (including phenoxy) is 1. The van der Waals surface area contributed by atoms with Crippen LogP contribution in [0.2, 0.25) is 0 Å². The molecular weight excluding hydrogens is 198 g/mol. The largest absolute Gasteiger partial charge is 0.481 e. The normalized spacial score (nSPS) is 12.1. The van der Waals surface area contributed by atoms with E-state index in [2.05, 4.69) is 15.3 Å². The fourth-order valence-corrected chi connectivity index (χ4v) is 1.05. The molecule has 2 N–H and O–H groups in total. The highest BCUT2D eigenvalue weighted by Crippen LogP contribution is 2.02. The van der Waals surface area contributed by atoms with Crippen LogP contribution in [-0.2, 0) is 9.53 Å². The van der Waals surface area contributed by atoms with Crippen molar-refractivity contribution in [2.24, 2.45) is 0 Å². The predicted octanol–water partition coefficient (Wildman–Crippen LogP) is 0.378. The van der Waals surface area contributed by atoms with Gasteiger partial charge in [-0.25, -0.2) is 9.97 Å². The number of hydrogen-bond donors (Lipinski definition) is 2. The van der Waals surface area contributed by atoms with Crippen molar-refractivity contribution in [2.45, 2.75) is 12.5 Å². The van der Waals surface area contributed by atoms with Gasteiger partial charge in [0.25, 0.3) is 0 Å². The van der Waals surface area contributed by atoms with Crippen molar-refractivity contribution in [1.29, 1.82) is 0 Å². The minimum atomic E-state index is -0.883. The number of carbonyl (C=O) groups is 1. The molecule has 0 aliphatic carbocycles. The van der Waals surface area contributed by atoms with Crippen LogP contribution >= 0.6 is 0 Å². The summed E-state index contributed by atoms with van der Waals surface area (Å²) in [5.74, 6) is -0.233. The average Bonchev–Trinajstić information content (AvgIpc) is 2.25.